The summed E-state index contributed by atoms with van der Waals surface area (Å²) in [7, 11) is 3.71. The second-order valence-corrected chi connectivity index (χ2v) is 4.86. The summed E-state index contributed by atoms with van der Waals surface area (Å²) in [6, 6.07) is 1.79. The molecule has 5 nitrogen and oxygen atoms in total. The number of thiazole rings is 1. The van der Waals surface area contributed by atoms with E-state index < -0.39 is 0 Å². The Morgan fingerprint density at radius 3 is 2.89 bits per heavy atom. The van der Waals surface area contributed by atoms with Gasteiger partial charge in [0.1, 0.15) is 22.2 Å². The van der Waals surface area contributed by atoms with Crippen molar-refractivity contribution in [1.82, 2.24) is 15.0 Å². The Labute approximate surface area is 109 Å². The maximum absolute atomic E-state index is 11.8. The smallest absolute Gasteiger partial charge is 0.206 e. The molecule has 2 aromatic heterocycles. The Bertz CT molecular complexity index is 584. The van der Waals surface area contributed by atoms with Crippen molar-refractivity contribution in [3.63, 3.8) is 0 Å². The average Bonchev–Trinajstić information content (AvgIpc) is 2.93. The minimum absolute atomic E-state index is 0.119. The summed E-state index contributed by atoms with van der Waals surface area (Å²) in [4.78, 5) is 17.8. The Hall–Kier alpha value is -1.95. The molecular weight excluding hydrogens is 250 g/mol. The Balaban J connectivity index is 2.18. The molecule has 94 valence electrons. The molecule has 2 aromatic rings. The van der Waals surface area contributed by atoms with E-state index in [0.29, 0.717) is 16.4 Å². The quantitative estimate of drug-likeness (QED) is 0.626. The molecule has 0 spiro atoms. The van der Waals surface area contributed by atoms with Crippen LogP contribution in [0.5, 0.6) is 0 Å². The zero-order chi connectivity index (χ0) is 13.1. The van der Waals surface area contributed by atoms with Crippen LogP contribution in [0.4, 0.5) is 0 Å². The van der Waals surface area contributed by atoms with E-state index in [-0.39, 0.29) is 5.78 Å². The number of nitrogens with zero attached hydrogens (tertiary/aromatic N) is 3. The summed E-state index contributed by atoms with van der Waals surface area (Å²) in [5.74, 6) is 0.604. The van der Waals surface area contributed by atoms with Crippen molar-refractivity contribution in [2.45, 2.75) is 6.92 Å². The predicted molar refractivity (Wildman–Crippen MR) is 69.5 cm³/mol. The average molecular weight is 263 g/mol. The number of hydrogen-bond donors (Lipinski definition) is 0. The molecule has 0 saturated heterocycles. The summed E-state index contributed by atoms with van der Waals surface area (Å²) >= 11 is 1.38. The van der Waals surface area contributed by atoms with Crippen molar-refractivity contribution in [2.24, 2.45) is 0 Å². The summed E-state index contributed by atoms with van der Waals surface area (Å²) in [6.45, 7) is 1.82. The van der Waals surface area contributed by atoms with Gasteiger partial charge in [-0.05, 0) is 6.92 Å². The van der Waals surface area contributed by atoms with Crippen LogP contribution in [0.1, 0.15) is 16.2 Å². The molecule has 0 fully saturated rings. The van der Waals surface area contributed by atoms with Crippen LogP contribution in [0.3, 0.4) is 0 Å². The molecule has 0 aliphatic carbocycles. The number of aromatic nitrogens is 2. The topological polar surface area (TPSA) is 59.2 Å². The number of allylic oxidation sites excluding steroid dienone is 1. The molecule has 0 radical (unpaired) electrons. The molecule has 0 aliphatic heterocycles. The van der Waals surface area contributed by atoms with Crippen LogP contribution in [0.2, 0.25) is 0 Å². The van der Waals surface area contributed by atoms with Gasteiger partial charge in [0.25, 0.3) is 0 Å². The summed E-state index contributed by atoms with van der Waals surface area (Å²) < 4.78 is 4.98. The minimum atomic E-state index is -0.119. The molecule has 2 rings (SSSR count). The monoisotopic (exact) mass is 263 g/mol. The van der Waals surface area contributed by atoms with Gasteiger partial charge in [-0.1, -0.05) is 5.16 Å². The van der Waals surface area contributed by atoms with Gasteiger partial charge in [0.2, 0.25) is 5.78 Å². The third-order valence-electron chi connectivity index (χ3n) is 2.13. The zero-order valence-corrected chi connectivity index (χ0v) is 11.2. The number of ketones is 1. The van der Waals surface area contributed by atoms with E-state index in [4.69, 9.17) is 4.52 Å². The highest BCUT2D eigenvalue weighted by Crippen LogP contribution is 2.23. The van der Waals surface area contributed by atoms with Gasteiger partial charge in [0.15, 0.2) is 0 Å². The lowest BCUT2D eigenvalue weighted by molar-refractivity contribution is 0.104. The first-order chi connectivity index (χ1) is 8.56. The Morgan fingerprint density at radius 1 is 1.50 bits per heavy atom. The van der Waals surface area contributed by atoms with Gasteiger partial charge in [-0.3, -0.25) is 4.79 Å². The predicted octanol–water partition coefficient (Wildman–Crippen LogP) is 2.36. The molecule has 0 amide bonds. The standard InChI is InChI=1S/C12H13N3O2S/c1-8-6-9(14-17-8)12-13-10(7-18-12)11(16)4-5-15(2)3/h4-7H,1-3H3/b5-4+. The van der Waals surface area contributed by atoms with Gasteiger partial charge in [0.05, 0.1) is 0 Å². The van der Waals surface area contributed by atoms with Gasteiger partial charge < -0.3 is 9.42 Å². The number of aryl methyl sites for hydroxylation is 1. The number of rotatable bonds is 4. The van der Waals surface area contributed by atoms with Crippen LogP contribution in [0, 0.1) is 6.92 Å². The van der Waals surface area contributed by atoms with E-state index in [9.17, 15) is 4.79 Å². The van der Waals surface area contributed by atoms with Gasteiger partial charge >= 0.3 is 0 Å². The van der Waals surface area contributed by atoms with Crippen LogP contribution in [-0.4, -0.2) is 34.9 Å². The molecule has 0 atom stereocenters. The molecular formula is C12H13N3O2S. The Kier molecular flexibility index (Phi) is 3.57. The minimum Gasteiger partial charge on any atom is -0.383 e. The SMILES string of the molecule is Cc1cc(-c2nc(C(=O)/C=C/N(C)C)cs2)no1. The van der Waals surface area contributed by atoms with E-state index >= 15 is 0 Å². The van der Waals surface area contributed by atoms with Crippen molar-refractivity contribution in [1.29, 1.82) is 0 Å². The molecule has 0 saturated carbocycles. The molecule has 18 heavy (non-hydrogen) atoms. The van der Waals surface area contributed by atoms with Gasteiger partial charge in [-0.2, -0.15) is 0 Å². The lowest BCUT2D eigenvalue weighted by Crippen LogP contribution is -2.03. The zero-order valence-electron chi connectivity index (χ0n) is 10.4. The number of hydrogen-bond acceptors (Lipinski definition) is 6. The van der Waals surface area contributed by atoms with Crippen molar-refractivity contribution >= 4 is 17.1 Å². The van der Waals surface area contributed by atoms with Crippen molar-refractivity contribution in [3.05, 3.63) is 35.2 Å². The van der Waals surface area contributed by atoms with E-state index in [0.717, 1.165) is 5.76 Å². The number of carbonyl (C=O) groups excluding carboxylic acids is 1. The highest BCUT2D eigenvalue weighted by molar-refractivity contribution is 7.13. The molecule has 2 heterocycles. The first-order valence-corrected chi connectivity index (χ1v) is 6.22. The van der Waals surface area contributed by atoms with Crippen LogP contribution in [0.25, 0.3) is 10.7 Å². The summed E-state index contributed by atoms with van der Waals surface area (Å²) in [6.07, 6.45) is 3.19. The van der Waals surface area contributed by atoms with Crippen LogP contribution < -0.4 is 0 Å². The molecule has 0 unspecified atom stereocenters. The fraction of sp³-hybridized carbons (Fsp3) is 0.250. The van der Waals surface area contributed by atoms with E-state index in [1.807, 2.05) is 21.0 Å². The van der Waals surface area contributed by atoms with Gasteiger partial charge in [-0.15, -0.1) is 11.3 Å². The normalized spacial score (nSPS) is 11.1. The highest BCUT2D eigenvalue weighted by Gasteiger charge is 2.12. The first-order valence-electron chi connectivity index (χ1n) is 5.34. The summed E-state index contributed by atoms with van der Waals surface area (Å²) in [5.41, 5.74) is 1.09. The first kappa shape index (κ1) is 12.5. The van der Waals surface area contributed by atoms with Crippen LogP contribution >= 0.6 is 11.3 Å². The molecule has 6 heteroatoms. The number of carbonyl (C=O) groups is 1. The highest BCUT2D eigenvalue weighted by atomic mass is 32.1. The second kappa shape index (κ2) is 5.14. The van der Waals surface area contributed by atoms with E-state index in [1.165, 1.54) is 17.4 Å². The maximum atomic E-state index is 11.8. The molecule has 0 aliphatic rings. The van der Waals surface area contributed by atoms with Crippen molar-refractivity contribution in [2.75, 3.05) is 14.1 Å². The third kappa shape index (κ3) is 2.84. The van der Waals surface area contributed by atoms with Gasteiger partial charge in [-0.25, -0.2) is 4.98 Å². The Morgan fingerprint density at radius 2 is 2.28 bits per heavy atom. The van der Waals surface area contributed by atoms with Gasteiger partial charge in [0, 0.05) is 37.8 Å². The fourth-order valence-electron chi connectivity index (χ4n) is 1.27. The maximum Gasteiger partial charge on any atom is 0.206 e. The molecule has 0 N–H and O–H groups in total. The lowest BCUT2D eigenvalue weighted by atomic mass is 10.3. The second-order valence-electron chi connectivity index (χ2n) is 4.00. The lowest BCUT2D eigenvalue weighted by Gasteiger charge is -2.01. The van der Waals surface area contributed by atoms with Crippen molar-refractivity contribution < 1.29 is 9.32 Å². The molecule has 0 aromatic carbocycles. The van der Waals surface area contributed by atoms with Crippen molar-refractivity contribution in [3.8, 4) is 10.7 Å². The fourth-order valence-corrected chi connectivity index (χ4v) is 2.03. The third-order valence-corrected chi connectivity index (χ3v) is 2.99. The van der Waals surface area contributed by atoms with Crippen LogP contribution in [0.15, 0.2) is 28.2 Å². The summed E-state index contributed by atoms with van der Waals surface area (Å²) in [5, 5.41) is 6.28. The van der Waals surface area contributed by atoms with E-state index in [2.05, 4.69) is 10.1 Å². The largest absolute Gasteiger partial charge is 0.383 e. The molecule has 0 bridgehead atoms. The van der Waals surface area contributed by atoms with E-state index in [1.54, 1.807) is 22.5 Å². The van der Waals surface area contributed by atoms with Crippen LogP contribution in [-0.2, 0) is 0 Å².